The number of hydrogen-bond acceptors (Lipinski definition) is 9. The predicted molar refractivity (Wildman–Crippen MR) is 192 cm³/mol. The fourth-order valence-corrected chi connectivity index (χ4v) is 9.95. The van der Waals surface area contributed by atoms with Crippen LogP contribution in [0.3, 0.4) is 0 Å². The Kier molecular flexibility index (Phi) is 9.50. The average Bonchev–Trinajstić information content (AvgIpc) is 4.04. The average molecular weight is 756 g/mol. The minimum Gasteiger partial charge on any atom is -0.444 e. The molecule has 4 fully saturated rings. The highest BCUT2D eigenvalue weighted by atomic mass is 32.2. The summed E-state index contributed by atoms with van der Waals surface area (Å²) in [6.07, 6.45) is 3.93. The Balaban J connectivity index is 1.16. The van der Waals surface area contributed by atoms with Crippen LogP contribution >= 0.6 is 0 Å². The number of ether oxygens (including phenoxy) is 2. The van der Waals surface area contributed by atoms with Gasteiger partial charge in [0.25, 0.3) is 5.91 Å². The molecule has 0 radical (unpaired) electrons. The minimum atomic E-state index is -3.87. The zero-order valence-electron chi connectivity index (χ0n) is 31.4. The molecule has 5 amide bonds. The molecule has 53 heavy (non-hydrogen) atoms. The van der Waals surface area contributed by atoms with Gasteiger partial charge in [-0.15, -0.1) is 0 Å². The van der Waals surface area contributed by atoms with Crippen molar-refractivity contribution in [2.45, 2.75) is 146 Å². The number of nitrogens with one attached hydrogen (secondary N) is 3. The largest absolute Gasteiger partial charge is 0.444 e. The minimum absolute atomic E-state index is 0.0503. The number of benzene rings is 1. The van der Waals surface area contributed by atoms with E-state index in [-0.39, 0.29) is 31.2 Å². The van der Waals surface area contributed by atoms with Crippen molar-refractivity contribution in [2.75, 3.05) is 6.54 Å². The molecule has 3 saturated carbocycles. The van der Waals surface area contributed by atoms with Gasteiger partial charge in [0, 0.05) is 25.4 Å². The second-order valence-electron chi connectivity index (χ2n) is 17.4. The fraction of sp³-hybridized carbons (Fsp3) is 0.711. The van der Waals surface area contributed by atoms with Crippen molar-refractivity contribution in [3.63, 3.8) is 0 Å². The molecule has 3 aliphatic heterocycles. The number of alkyl carbamates (subject to hydrolysis) is 1. The van der Waals surface area contributed by atoms with Crippen molar-refractivity contribution >= 4 is 39.9 Å². The molecule has 1 aromatic rings. The molecule has 290 valence electrons. The summed E-state index contributed by atoms with van der Waals surface area (Å²) in [6.45, 7) is 9.83. The molecule has 7 rings (SSSR count). The number of amides is 5. The van der Waals surface area contributed by atoms with Gasteiger partial charge in [-0.3, -0.25) is 24.0 Å². The Hall–Kier alpha value is -3.88. The predicted octanol–water partition coefficient (Wildman–Crippen LogP) is 3.65. The van der Waals surface area contributed by atoms with Crippen molar-refractivity contribution < 1.29 is 41.9 Å². The van der Waals surface area contributed by atoms with Gasteiger partial charge in [-0.05, 0) is 79.9 Å². The van der Waals surface area contributed by atoms with E-state index in [0.29, 0.717) is 32.4 Å². The molecule has 15 heteroatoms. The summed E-state index contributed by atoms with van der Waals surface area (Å²) in [5, 5.41) is 5.00. The van der Waals surface area contributed by atoms with E-state index in [1.165, 1.54) is 10.5 Å². The maximum absolute atomic E-state index is 14.5. The molecule has 3 N–H and O–H groups in total. The Morgan fingerprint density at radius 3 is 2.45 bits per heavy atom. The number of carbonyl (C=O) groups excluding carboxylic acids is 5. The van der Waals surface area contributed by atoms with Crippen LogP contribution in [0.4, 0.5) is 9.59 Å². The molecule has 1 aromatic carbocycles. The lowest BCUT2D eigenvalue weighted by atomic mass is 9.85. The van der Waals surface area contributed by atoms with Gasteiger partial charge in [0.1, 0.15) is 29.3 Å². The van der Waals surface area contributed by atoms with E-state index in [2.05, 4.69) is 21.4 Å². The maximum Gasteiger partial charge on any atom is 0.410 e. The number of carbonyl (C=O) groups is 5. The van der Waals surface area contributed by atoms with Crippen LogP contribution in [0, 0.1) is 17.3 Å². The molecule has 0 aromatic heterocycles. The van der Waals surface area contributed by atoms with Gasteiger partial charge in [0.15, 0.2) is 0 Å². The second kappa shape index (κ2) is 13.5. The van der Waals surface area contributed by atoms with Crippen molar-refractivity contribution in [3.05, 3.63) is 34.9 Å². The van der Waals surface area contributed by atoms with Gasteiger partial charge in [-0.25, -0.2) is 18.0 Å². The van der Waals surface area contributed by atoms with Gasteiger partial charge in [0.05, 0.1) is 11.8 Å². The van der Waals surface area contributed by atoms with E-state index in [9.17, 15) is 32.4 Å². The van der Waals surface area contributed by atoms with E-state index in [4.69, 9.17) is 9.47 Å². The molecule has 6 aliphatic rings. The number of nitrogens with zero attached hydrogens (tertiary/aromatic N) is 2. The van der Waals surface area contributed by atoms with E-state index >= 15 is 0 Å². The van der Waals surface area contributed by atoms with E-state index < -0.39 is 79.9 Å². The van der Waals surface area contributed by atoms with Crippen molar-refractivity contribution in [1.82, 2.24) is 25.2 Å². The maximum atomic E-state index is 14.5. The number of hydrogen-bond donors (Lipinski definition) is 3. The van der Waals surface area contributed by atoms with Crippen LogP contribution in [0.1, 0.15) is 109 Å². The van der Waals surface area contributed by atoms with E-state index in [1.54, 1.807) is 25.7 Å². The highest BCUT2D eigenvalue weighted by Crippen LogP contribution is 2.50. The smallest absolute Gasteiger partial charge is 0.410 e. The first-order valence-electron chi connectivity index (χ1n) is 19.2. The van der Waals surface area contributed by atoms with Crippen LogP contribution in [-0.2, 0) is 53.4 Å². The quantitative estimate of drug-likeness (QED) is 0.391. The van der Waals surface area contributed by atoms with Crippen LogP contribution in [0.25, 0.3) is 0 Å². The van der Waals surface area contributed by atoms with Crippen LogP contribution in [-0.4, -0.2) is 89.2 Å². The first kappa shape index (κ1) is 37.4. The topological polar surface area (TPSA) is 181 Å². The highest BCUT2D eigenvalue weighted by Gasteiger charge is 2.62. The van der Waals surface area contributed by atoms with Crippen LogP contribution in [0.5, 0.6) is 0 Å². The summed E-state index contributed by atoms with van der Waals surface area (Å²) in [5.74, 6) is -2.10. The molecule has 3 heterocycles. The number of sulfonamides is 1. The standard InChI is InChI=1S/C38H53N5O9S/c1-6-24-18-38(24,33(46)41-53(49,50)27-14-15-27)40-31(44)29-16-26-20-43(29)32(45)30(36(2,3)4)39-34(47)52-37(5)17-25(37)13-8-7-10-22-11-9-12-23-19-42(21-28(22)23)35(48)51-26/h9,11-12,24-27,29-30H,6-8,10,13-21H2,1-5H3,(H,39,47)(H,40,44)(H,41,46)/t24-,25-,26-,29+,30-,37-,38-/m1/s1. The Bertz CT molecular complexity index is 1810. The molecule has 0 spiro atoms. The van der Waals surface area contributed by atoms with Crippen LogP contribution in [0.15, 0.2) is 18.2 Å². The third-order valence-corrected chi connectivity index (χ3v) is 14.1. The Morgan fingerprint density at radius 2 is 1.77 bits per heavy atom. The third-order valence-electron chi connectivity index (χ3n) is 12.3. The van der Waals surface area contributed by atoms with Crippen molar-refractivity contribution in [1.29, 1.82) is 0 Å². The molecule has 1 saturated heterocycles. The first-order valence-corrected chi connectivity index (χ1v) is 20.7. The fourth-order valence-electron chi connectivity index (χ4n) is 8.58. The van der Waals surface area contributed by atoms with Crippen molar-refractivity contribution in [2.24, 2.45) is 17.3 Å². The van der Waals surface area contributed by atoms with Crippen LogP contribution in [0.2, 0.25) is 0 Å². The highest BCUT2D eigenvalue weighted by molar-refractivity contribution is 7.91. The first-order chi connectivity index (χ1) is 24.9. The molecule has 3 aliphatic carbocycles. The molecular formula is C38H53N5O9S. The van der Waals surface area contributed by atoms with E-state index in [1.807, 2.05) is 26.0 Å². The summed E-state index contributed by atoms with van der Waals surface area (Å²) >= 11 is 0. The van der Waals surface area contributed by atoms with Gasteiger partial charge < -0.3 is 25.0 Å². The van der Waals surface area contributed by atoms with E-state index in [0.717, 1.165) is 43.2 Å². The number of aryl methyl sites for hydroxylation is 1. The lowest BCUT2D eigenvalue weighted by molar-refractivity contribution is -0.143. The normalized spacial score (nSPS) is 33.2. The lowest BCUT2D eigenvalue weighted by Gasteiger charge is -2.35. The number of fused-ring (bicyclic) bond motifs is 4. The summed E-state index contributed by atoms with van der Waals surface area (Å²) in [7, 11) is -3.87. The Morgan fingerprint density at radius 1 is 1.04 bits per heavy atom. The van der Waals surface area contributed by atoms with Crippen molar-refractivity contribution in [3.8, 4) is 0 Å². The Labute approximate surface area is 311 Å². The second-order valence-corrected chi connectivity index (χ2v) is 19.4. The summed E-state index contributed by atoms with van der Waals surface area (Å²) in [4.78, 5) is 72.3. The van der Waals surface area contributed by atoms with Gasteiger partial charge >= 0.3 is 12.2 Å². The van der Waals surface area contributed by atoms with Crippen LogP contribution < -0.4 is 15.4 Å². The molecule has 7 atom stereocenters. The zero-order valence-corrected chi connectivity index (χ0v) is 32.2. The SMILES string of the molecule is CC[C@@H]1C[C@]1(NC(=O)[C@@H]1C[C@@H]2CN1C(=O)[C@H](C(C)(C)C)NC(=O)O[C@]1(C)C[C@H]1CCCCc1cccc3c1CN(C3)C(=O)O2)C(=O)NS(=O)(=O)C1CC1. The number of rotatable bonds is 6. The molecular weight excluding hydrogens is 703 g/mol. The molecule has 4 bridgehead atoms. The molecule has 14 nitrogen and oxygen atoms in total. The van der Waals surface area contributed by atoms with Gasteiger partial charge in [0.2, 0.25) is 21.8 Å². The summed E-state index contributed by atoms with van der Waals surface area (Å²) < 4.78 is 39.6. The zero-order chi connectivity index (χ0) is 38.1. The van der Waals surface area contributed by atoms with Gasteiger partial charge in [-0.1, -0.05) is 58.7 Å². The molecule has 0 unspecified atom stereocenters. The summed E-state index contributed by atoms with van der Waals surface area (Å²) in [6, 6.07) is 3.84. The third kappa shape index (κ3) is 7.46. The lowest BCUT2D eigenvalue weighted by Crippen LogP contribution is -2.60. The summed E-state index contributed by atoms with van der Waals surface area (Å²) in [5.41, 5.74) is 0.467. The van der Waals surface area contributed by atoms with Gasteiger partial charge in [-0.2, -0.15) is 0 Å². The monoisotopic (exact) mass is 755 g/mol.